The van der Waals surface area contributed by atoms with Crippen LogP contribution in [0.25, 0.3) is 11.1 Å². The number of carbonyl (C=O) groups excluding carboxylic acids is 2. The van der Waals surface area contributed by atoms with Gasteiger partial charge >= 0.3 is 0 Å². The molecule has 2 amide bonds. The molecule has 1 saturated heterocycles. The van der Waals surface area contributed by atoms with Crippen molar-refractivity contribution in [3.63, 3.8) is 0 Å². The van der Waals surface area contributed by atoms with Crippen molar-refractivity contribution >= 4 is 27.5 Å². The lowest BCUT2D eigenvalue weighted by atomic mass is 10.0. The molecule has 0 aliphatic carbocycles. The third-order valence-electron chi connectivity index (χ3n) is 4.89. The van der Waals surface area contributed by atoms with Crippen molar-refractivity contribution in [2.24, 2.45) is 0 Å². The number of rotatable bonds is 4. The summed E-state index contributed by atoms with van der Waals surface area (Å²) in [5.74, 6) is -0.286. The van der Waals surface area contributed by atoms with Crippen molar-refractivity contribution in [3.05, 3.63) is 48.5 Å². The van der Waals surface area contributed by atoms with Crippen molar-refractivity contribution in [1.29, 1.82) is 0 Å². The third kappa shape index (κ3) is 4.65. The Labute approximate surface area is 171 Å². The molecule has 2 N–H and O–H groups in total. The van der Waals surface area contributed by atoms with Crippen LogP contribution in [0.15, 0.2) is 53.4 Å². The van der Waals surface area contributed by atoms with Gasteiger partial charge in [-0.2, -0.15) is 4.31 Å². The number of benzene rings is 2. The molecule has 2 aromatic rings. The normalized spacial score (nSPS) is 17.3. The minimum atomic E-state index is -3.74. The number of hydrogen-bond acceptors (Lipinski definition) is 4. The Hall–Kier alpha value is -2.71. The zero-order valence-corrected chi connectivity index (χ0v) is 17.5. The molecule has 8 heteroatoms. The predicted molar refractivity (Wildman–Crippen MR) is 112 cm³/mol. The van der Waals surface area contributed by atoms with Gasteiger partial charge in [0.05, 0.1) is 4.90 Å². The smallest absolute Gasteiger partial charge is 0.243 e. The molecule has 0 radical (unpaired) electrons. The topological polar surface area (TPSA) is 95.6 Å². The second-order valence-corrected chi connectivity index (χ2v) is 9.56. The Morgan fingerprint density at radius 1 is 1.03 bits per heavy atom. The summed E-state index contributed by atoms with van der Waals surface area (Å²) in [7, 11) is -3.74. The Morgan fingerprint density at radius 2 is 1.59 bits per heavy atom. The van der Waals surface area contributed by atoms with Crippen LogP contribution in [0.4, 0.5) is 5.69 Å². The average molecular weight is 416 g/mol. The number of sulfonamides is 1. The van der Waals surface area contributed by atoms with Crippen LogP contribution in [0.5, 0.6) is 0 Å². The van der Waals surface area contributed by atoms with Crippen LogP contribution >= 0.6 is 0 Å². The van der Waals surface area contributed by atoms with Crippen molar-refractivity contribution in [2.75, 3.05) is 18.4 Å². The highest BCUT2D eigenvalue weighted by Crippen LogP contribution is 2.30. The maximum absolute atomic E-state index is 13.2. The fourth-order valence-electron chi connectivity index (χ4n) is 3.48. The maximum atomic E-state index is 13.2. The Morgan fingerprint density at radius 3 is 2.14 bits per heavy atom. The third-order valence-corrected chi connectivity index (χ3v) is 7.01. The van der Waals surface area contributed by atoms with Gasteiger partial charge in [-0.3, -0.25) is 9.59 Å². The Kier molecular flexibility index (Phi) is 5.77. The van der Waals surface area contributed by atoms with Gasteiger partial charge in [0, 0.05) is 37.7 Å². The molecule has 0 saturated carbocycles. The molecule has 0 spiro atoms. The monoisotopic (exact) mass is 415 g/mol. The average Bonchev–Trinajstić information content (AvgIpc) is 2.78. The van der Waals surface area contributed by atoms with E-state index < -0.39 is 15.6 Å². The molecule has 0 unspecified atom stereocenters. The highest BCUT2D eigenvalue weighted by Gasteiger charge is 2.40. The first-order valence-electron chi connectivity index (χ1n) is 9.37. The molecule has 1 aliphatic heterocycles. The van der Waals surface area contributed by atoms with Gasteiger partial charge in [0.25, 0.3) is 0 Å². The number of anilines is 1. The van der Waals surface area contributed by atoms with E-state index in [2.05, 4.69) is 10.6 Å². The summed E-state index contributed by atoms with van der Waals surface area (Å²) in [5, 5.41) is 5.44. The number of amides is 2. The van der Waals surface area contributed by atoms with E-state index in [0.717, 1.165) is 11.1 Å². The van der Waals surface area contributed by atoms with Gasteiger partial charge in [-0.1, -0.05) is 24.3 Å². The van der Waals surface area contributed by atoms with Gasteiger partial charge in [-0.05, 0) is 49.2 Å². The maximum Gasteiger partial charge on any atom is 0.243 e. The second kappa shape index (κ2) is 7.96. The van der Waals surface area contributed by atoms with Gasteiger partial charge in [0.2, 0.25) is 21.8 Å². The summed E-state index contributed by atoms with van der Waals surface area (Å²) in [4.78, 5) is 23.2. The first-order chi connectivity index (χ1) is 13.6. The second-order valence-electron chi connectivity index (χ2n) is 7.70. The standard InChI is InChI=1S/C21H25N3O4S/c1-15(25)23-18-8-4-16(5-9-18)17-6-10-19(11-7-17)29(27,28)24-13-12-22-20(26)14-21(24,2)3/h4-11H,12-14H2,1-3H3,(H,22,26)(H,23,25). The number of nitrogens with zero attached hydrogens (tertiary/aromatic N) is 1. The van der Waals surface area contributed by atoms with Crippen molar-refractivity contribution in [2.45, 2.75) is 37.6 Å². The van der Waals surface area contributed by atoms with E-state index in [0.29, 0.717) is 12.2 Å². The predicted octanol–water partition coefficient (Wildman–Crippen LogP) is 2.60. The lowest BCUT2D eigenvalue weighted by Crippen LogP contribution is -2.48. The lowest BCUT2D eigenvalue weighted by Gasteiger charge is -2.34. The van der Waals surface area contributed by atoms with Crippen LogP contribution in [0.3, 0.4) is 0 Å². The van der Waals surface area contributed by atoms with Crippen LogP contribution < -0.4 is 10.6 Å². The number of nitrogens with one attached hydrogen (secondary N) is 2. The van der Waals surface area contributed by atoms with E-state index in [1.165, 1.54) is 11.2 Å². The quantitative estimate of drug-likeness (QED) is 0.802. The Bertz CT molecular complexity index is 1010. The molecule has 29 heavy (non-hydrogen) atoms. The molecule has 1 fully saturated rings. The summed E-state index contributed by atoms with van der Waals surface area (Å²) >= 11 is 0. The van der Waals surface area contributed by atoms with Gasteiger partial charge in [-0.15, -0.1) is 0 Å². The first kappa shape index (κ1) is 21.0. The Balaban J connectivity index is 1.85. The summed E-state index contributed by atoms with van der Waals surface area (Å²) in [6.45, 7) is 5.50. The largest absolute Gasteiger partial charge is 0.355 e. The lowest BCUT2D eigenvalue weighted by molar-refractivity contribution is -0.121. The van der Waals surface area contributed by atoms with Gasteiger partial charge in [0.1, 0.15) is 0 Å². The summed E-state index contributed by atoms with van der Waals surface area (Å²) in [6, 6.07) is 14.0. The van der Waals surface area contributed by atoms with Crippen molar-refractivity contribution < 1.29 is 18.0 Å². The molecule has 0 bridgehead atoms. The van der Waals surface area contributed by atoms with Gasteiger partial charge in [-0.25, -0.2) is 8.42 Å². The highest BCUT2D eigenvalue weighted by molar-refractivity contribution is 7.89. The van der Waals surface area contributed by atoms with Crippen LogP contribution in [-0.4, -0.2) is 43.2 Å². The summed E-state index contributed by atoms with van der Waals surface area (Å²) in [5.41, 5.74) is 1.67. The molecule has 7 nitrogen and oxygen atoms in total. The van der Waals surface area contributed by atoms with E-state index in [1.54, 1.807) is 50.2 Å². The van der Waals surface area contributed by atoms with E-state index in [4.69, 9.17) is 0 Å². The molecule has 154 valence electrons. The van der Waals surface area contributed by atoms with E-state index in [9.17, 15) is 18.0 Å². The minimum Gasteiger partial charge on any atom is -0.355 e. The number of hydrogen-bond donors (Lipinski definition) is 2. The van der Waals surface area contributed by atoms with Gasteiger partial charge < -0.3 is 10.6 Å². The molecule has 1 aliphatic rings. The molecular weight excluding hydrogens is 390 g/mol. The SMILES string of the molecule is CC(=O)Nc1ccc(-c2ccc(S(=O)(=O)N3CCNC(=O)CC3(C)C)cc2)cc1. The van der Waals surface area contributed by atoms with Crippen LogP contribution in [0.1, 0.15) is 27.2 Å². The zero-order chi connectivity index (χ0) is 21.2. The fraction of sp³-hybridized carbons (Fsp3) is 0.333. The summed E-state index contributed by atoms with van der Waals surface area (Å²) < 4.78 is 27.8. The molecule has 0 atom stereocenters. The van der Waals surface area contributed by atoms with Crippen molar-refractivity contribution in [3.8, 4) is 11.1 Å². The van der Waals surface area contributed by atoms with Crippen molar-refractivity contribution in [1.82, 2.24) is 9.62 Å². The van der Waals surface area contributed by atoms with Crippen LogP contribution in [-0.2, 0) is 19.6 Å². The number of carbonyl (C=O) groups is 2. The van der Waals surface area contributed by atoms with Crippen LogP contribution in [0.2, 0.25) is 0 Å². The van der Waals surface area contributed by atoms with Crippen LogP contribution in [0, 0.1) is 0 Å². The summed E-state index contributed by atoms with van der Waals surface area (Å²) in [6.07, 6.45) is 0.116. The minimum absolute atomic E-state index is 0.116. The van der Waals surface area contributed by atoms with E-state index in [1.807, 2.05) is 12.1 Å². The molecule has 0 aromatic heterocycles. The van der Waals surface area contributed by atoms with E-state index >= 15 is 0 Å². The molecular formula is C21H25N3O4S. The molecule has 1 heterocycles. The van der Waals surface area contributed by atoms with Gasteiger partial charge in [0.15, 0.2) is 0 Å². The first-order valence-corrected chi connectivity index (χ1v) is 10.8. The van der Waals surface area contributed by atoms with E-state index in [-0.39, 0.29) is 29.7 Å². The zero-order valence-electron chi connectivity index (χ0n) is 16.7. The molecule has 2 aromatic carbocycles. The highest BCUT2D eigenvalue weighted by atomic mass is 32.2. The molecule has 3 rings (SSSR count). The fourth-order valence-corrected chi connectivity index (χ4v) is 5.27.